The molecule has 126 valence electrons. The highest BCUT2D eigenvalue weighted by atomic mass is 16.2. The van der Waals surface area contributed by atoms with Crippen molar-refractivity contribution < 1.29 is 4.79 Å². The van der Waals surface area contributed by atoms with E-state index in [4.69, 9.17) is 0 Å². The Morgan fingerprint density at radius 3 is 2.62 bits per heavy atom. The van der Waals surface area contributed by atoms with Crippen LogP contribution in [-0.4, -0.2) is 58.9 Å². The Balaban J connectivity index is 1.76. The van der Waals surface area contributed by atoms with Gasteiger partial charge in [-0.05, 0) is 38.1 Å². The van der Waals surface area contributed by atoms with Crippen molar-refractivity contribution in [3.8, 4) is 0 Å². The summed E-state index contributed by atoms with van der Waals surface area (Å²) in [5.74, 6) is 0.602. The average Bonchev–Trinajstić information content (AvgIpc) is 2.59. The number of amides is 1. The van der Waals surface area contributed by atoms with Crippen molar-refractivity contribution in [3.05, 3.63) is 47.4 Å². The lowest BCUT2D eigenvalue weighted by Gasteiger charge is -2.32. The largest absolute Gasteiger partial charge is 0.340 e. The van der Waals surface area contributed by atoms with Crippen molar-refractivity contribution >= 4 is 17.4 Å². The van der Waals surface area contributed by atoms with E-state index in [1.807, 2.05) is 17.0 Å². The molecule has 1 aliphatic rings. The maximum atomic E-state index is 12.6. The van der Waals surface area contributed by atoms with Crippen LogP contribution in [0.5, 0.6) is 0 Å². The highest BCUT2D eigenvalue weighted by Crippen LogP contribution is 2.22. The van der Waals surface area contributed by atoms with Crippen molar-refractivity contribution in [2.24, 2.45) is 0 Å². The van der Waals surface area contributed by atoms with Gasteiger partial charge >= 0.3 is 0 Å². The monoisotopic (exact) mass is 325 g/mol. The molecule has 0 bridgehead atoms. The number of nitrogens with zero attached hydrogens (tertiary/aromatic N) is 4. The smallest absolute Gasteiger partial charge is 0.272 e. The van der Waals surface area contributed by atoms with Gasteiger partial charge in [-0.2, -0.15) is 0 Å². The molecule has 1 fully saturated rings. The lowest BCUT2D eigenvalue weighted by atomic mass is 10.1. The van der Waals surface area contributed by atoms with Gasteiger partial charge in [-0.25, -0.2) is 9.97 Å². The van der Waals surface area contributed by atoms with E-state index in [0.717, 1.165) is 31.9 Å². The summed E-state index contributed by atoms with van der Waals surface area (Å²) < 4.78 is 0. The van der Waals surface area contributed by atoms with Crippen LogP contribution in [0.2, 0.25) is 0 Å². The number of nitrogens with one attached hydrogen (secondary N) is 1. The first-order valence-electron chi connectivity index (χ1n) is 8.17. The SMILES string of the molecule is Cc1cccc(Nc2cc(C(=O)N3CCN(C)CC3)ncn2)c1C. The predicted molar refractivity (Wildman–Crippen MR) is 94.6 cm³/mol. The second kappa shape index (κ2) is 6.97. The number of hydrogen-bond donors (Lipinski definition) is 1. The molecule has 1 saturated heterocycles. The van der Waals surface area contributed by atoms with Crippen LogP contribution in [0, 0.1) is 13.8 Å². The molecular weight excluding hydrogens is 302 g/mol. The van der Waals surface area contributed by atoms with Gasteiger partial charge in [0.2, 0.25) is 0 Å². The lowest BCUT2D eigenvalue weighted by molar-refractivity contribution is 0.0658. The zero-order valence-corrected chi connectivity index (χ0v) is 14.4. The molecule has 2 aromatic rings. The minimum Gasteiger partial charge on any atom is -0.340 e. The van der Waals surface area contributed by atoms with E-state index in [-0.39, 0.29) is 5.91 Å². The van der Waals surface area contributed by atoms with Gasteiger partial charge in [0.25, 0.3) is 5.91 Å². The standard InChI is InChI=1S/C18H23N5O/c1-13-5-4-6-15(14(13)2)21-17-11-16(19-12-20-17)18(24)23-9-7-22(3)8-10-23/h4-6,11-12H,7-10H2,1-3H3,(H,19,20,21). The van der Waals surface area contributed by atoms with Crippen molar-refractivity contribution in [1.82, 2.24) is 19.8 Å². The fourth-order valence-corrected chi connectivity index (χ4v) is 2.74. The minimum atomic E-state index is -0.0329. The Bertz CT molecular complexity index is 738. The second-order valence-corrected chi connectivity index (χ2v) is 6.26. The van der Waals surface area contributed by atoms with Gasteiger partial charge in [-0.3, -0.25) is 4.79 Å². The Morgan fingerprint density at radius 1 is 1.12 bits per heavy atom. The highest BCUT2D eigenvalue weighted by Gasteiger charge is 2.21. The van der Waals surface area contributed by atoms with E-state index in [0.29, 0.717) is 11.5 Å². The summed E-state index contributed by atoms with van der Waals surface area (Å²) in [6.07, 6.45) is 1.44. The molecule has 6 heteroatoms. The molecule has 0 spiro atoms. The van der Waals surface area contributed by atoms with Crippen molar-refractivity contribution in [3.63, 3.8) is 0 Å². The number of hydrogen-bond acceptors (Lipinski definition) is 5. The first-order valence-corrected chi connectivity index (χ1v) is 8.17. The first kappa shape index (κ1) is 16.4. The summed E-state index contributed by atoms with van der Waals surface area (Å²) in [6.45, 7) is 7.39. The third kappa shape index (κ3) is 3.54. The summed E-state index contributed by atoms with van der Waals surface area (Å²) in [4.78, 5) is 25.1. The van der Waals surface area contributed by atoms with E-state index in [9.17, 15) is 4.79 Å². The normalized spacial score (nSPS) is 15.4. The number of likely N-dealkylation sites (N-methyl/N-ethyl adjacent to an activating group) is 1. The Hall–Kier alpha value is -2.47. The van der Waals surface area contributed by atoms with E-state index in [1.165, 1.54) is 17.5 Å². The third-order valence-corrected chi connectivity index (χ3v) is 4.54. The van der Waals surface area contributed by atoms with E-state index in [2.05, 4.69) is 47.1 Å². The van der Waals surface area contributed by atoms with Gasteiger partial charge in [0.1, 0.15) is 17.8 Å². The van der Waals surface area contributed by atoms with Crippen molar-refractivity contribution in [1.29, 1.82) is 0 Å². The van der Waals surface area contributed by atoms with Crippen LogP contribution in [0.1, 0.15) is 21.6 Å². The molecule has 1 aromatic carbocycles. The molecule has 2 heterocycles. The van der Waals surface area contributed by atoms with Crippen LogP contribution in [0.3, 0.4) is 0 Å². The molecule has 0 radical (unpaired) electrons. The molecule has 24 heavy (non-hydrogen) atoms. The van der Waals surface area contributed by atoms with Crippen LogP contribution in [-0.2, 0) is 0 Å². The average molecular weight is 325 g/mol. The maximum absolute atomic E-state index is 12.6. The molecule has 0 saturated carbocycles. The summed E-state index contributed by atoms with van der Waals surface area (Å²) in [5, 5.41) is 3.29. The molecule has 1 aliphatic heterocycles. The number of anilines is 2. The molecule has 0 unspecified atom stereocenters. The zero-order chi connectivity index (χ0) is 17.1. The number of carbonyl (C=O) groups excluding carboxylic acids is 1. The summed E-state index contributed by atoms with van der Waals surface area (Å²) in [7, 11) is 2.07. The summed E-state index contributed by atoms with van der Waals surface area (Å²) in [5.41, 5.74) is 3.81. The molecule has 3 rings (SSSR count). The Morgan fingerprint density at radius 2 is 1.88 bits per heavy atom. The maximum Gasteiger partial charge on any atom is 0.272 e. The molecule has 1 amide bonds. The van der Waals surface area contributed by atoms with Crippen molar-refractivity contribution in [2.75, 3.05) is 38.5 Å². The summed E-state index contributed by atoms with van der Waals surface area (Å²) >= 11 is 0. The molecule has 0 aliphatic carbocycles. The van der Waals surface area contributed by atoms with Crippen LogP contribution in [0.25, 0.3) is 0 Å². The zero-order valence-electron chi connectivity index (χ0n) is 14.4. The van der Waals surface area contributed by atoms with Crippen molar-refractivity contribution in [2.45, 2.75) is 13.8 Å². The van der Waals surface area contributed by atoms with Crippen LogP contribution in [0.4, 0.5) is 11.5 Å². The quantitative estimate of drug-likeness (QED) is 0.937. The predicted octanol–water partition coefficient (Wildman–Crippen LogP) is 2.22. The number of rotatable bonds is 3. The number of piperazine rings is 1. The highest BCUT2D eigenvalue weighted by molar-refractivity contribution is 5.93. The summed E-state index contributed by atoms with van der Waals surface area (Å²) in [6, 6.07) is 7.81. The van der Waals surface area contributed by atoms with E-state index < -0.39 is 0 Å². The lowest BCUT2D eigenvalue weighted by Crippen LogP contribution is -2.47. The van der Waals surface area contributed by atoms with E-state index in [1.54, 1.807) is 6.07 Å². The fourth-order valence-electron chi connectivity index (χ4n) is 2.74. The molecule has 1 aromatic heterocycles. The van der Waals surface area contributed by atoms with Crippen LogP contribution in [0.15, 0.2) is 30.6 Å². The molecular formula is C18H23N5O. The third-order valence-electron chi connectivity index (χ3n) is 4.54. The van der Waals surface area contributed by atoms with Gasteiger partial charge in [0.05, 0.1) is 0 Å². The first-order chi connectivity index (χ1) is 11.5. The Labute approximate surface area is 142 Å². The van der Waals surface area contributed by atoms with Crippen LogP contribution >= 0.6 is 0 Å². The molecule has 1 N–H and O–H groups in total. The number of benzene rings is 1. The van der Waals surface area contributed by atoms with Gasteiger partial charge in [0, 0.05) is 37.9 Å². The number of aryl methyl sites for hydroxylation is 1. The topological polar surface area (TPSA) is 61.4 Å². The minimum absolute atomic E-state index is 0.0329. The van der Waals surface area contributed by atoms with E-state index >= 15 is 0 Å². The van der Waals surface area contributed by atoms with Gasteiger partial charge in [-0.15, -0.1) is 0 Å². The van der Waals surface area contributed by atoms with Gasteiger partial charge < -0.3 is 15.1 Å². The van der Waals surface area contributed by atoms with Gasteiger partial charge in [0.15, 0.2) is 0 Å². The number of carbonyl (C=O) groups is 1. The molecule has 0 atom stereocenters. The van der Waals surface area contributed by atoms with Gasteiger partial charge in [-0.1, -0.05) is 12.1 Å². The molecule has 6 nitrogen and oxygen atoms in total. The Kier molecular flexibility index (Phi) is 4.76. The second-order valence-electron chi connectivity index (χ2n) is 6.26. The fraction of sp³-hybridized carbons (Fsp3) is 0.389. The van der Waals surface area contributed by atoms with Crippen LogP contribution < -0.4 is 5.32 Å². The number of aromatic nitrogens is 2.